The first-order valence-electron chi connectivity index (χ1n) is 10.6. The Kier molecular flexibility index (Phi) is 7.16. The molecule has 0 unspecified atom stereocenters. The highest BCUT2D eigenvalue weighted by molar-refractivity contribution is 6.02. The van der Waals surface area contributed by atoms with Gasteiger partial charge in [-0.05, 0) is 30.0 Å². The molecule has 2 aromatic carbocycles. The topological polar surface area (TPSA) is 54.0 Å². The number of carbonyl (C=O) groups is 1. The average molecular weight is 413 g/mol. The van der Waals surface area contributed by atoms with Crippen LogP contribution in [0.3, 0.4) is 0 Å². The molecule has 0 aromatic heterocycles. The monoisotopic (exact) mass is 412 g/mol. The molecular formula is C25H32O5. The zero-order valence-electron chi connectivity index (χ0n) is 18.7. The van der Waals surface area contributed by atoms with Gasteiger partial charge in [0.2, 0.25) is 0 Å². The molecule has 2 aliphatic rings. The molecule has 30 heavy (non-hydrogen) atoms. The molecule has 1 fully saturated rings. The minimum atomic E-state index is -0.130. The quantitative estimate of drug-likeness (QED) is 0.650. The predicted molar refractivity (Wildman–Crippen MR) is 118 cm³/mol. The van der Waals surface area contributed by atoms with Crippen molar-refractivity contribution in [3.05, 3.63) is 47.0 Å². The summed E-state index contributed by atoms with van der Waals surface area (Å²) in [4.78, 5) is 12.2. The molecule has 2 aromatic rings. The SMILES string of the molecule is CC.COCC1(COc2c(-c3cccc4c3CCC4=O)ccc(C)c2OC)COC1. The number of hydrogen-bond donors (Lipinski definition) is 0. The number of ether oxygens (including phenoxy) is 4. The maximum atomic E-state index is 12.2. The molecule has 1 aliphatic carbocycles. The van der Waals surface area contributed by atoms with Crippen molar-refractivity contribution in [3.8, 4) is 22.6 Å². The fourth-order valence-corrected chi connectivity index (χ4v) is 4.14. The third-order valence-electron chi connectivity index (χ3n) is 5.67. The van der Waals surface area contributed by atoms with Gasteiger partial charge >= 0.3 is 0 Å². The van der Waals surface area contributed by atoms with Crippen molar-refractivity contribution in [3.63, 3.8) is 0 Å². The molecular weight excluding hydrogens is 380 g/mol. The smallest absolute Gasteiger partial charge is 0.169 e. The molecule has 0 spiro atoms. The van der Waals surface area contributed by atoms with Gasteiger partial charge in [0.05, 0.1) is 32.3 Å². The summed E-state index contributed by atoms with van der Waals surface area (Å²) in [5.74, 6) is 1.66. The molecule has 0 atom stereocenters. The van der Waals surface area contributed by atoms with Crippen LogP contribution in [0.5, 0.6) is 11.5 Å². The van der Waals surface area contributed by atoms with E-state index in [0.717, 1.165) is 45.7 Å². The highest BCUT2D eigenvalue weighted by atomic mass is 16.5. The Labute approximate surface area is 179 Å². The summed E-state index contributed by atoms with van der Waals surface area (Å²) in [6.45, 7) is 8.33. The van der Waals surface area contributed by atoms with E-state index in [-0.39, 0.29) is 11.2 Å². The normalized spacial score (nSPS) is 16.2. The molecule has 1 aliphatic heterocycles. The van der Waals surface area contributed by atoms with E-state index in [0.29, 0.717) is 32.8 Å². The summed E-state index contributed by atoms with van der Waals surface area (Å²) in [7, 11) is 3.36. The number of rotatable bonds is 7. The first kappa shape index (κ1) is 22.3. The maximum absolute atomic E-state index is 12.2. The highest BCUT2D eigenvalue weighted by Crippen LogP contribution is 2.44. The highest BCUT2D eigenvalue weighted by Gasteiger charge is 2.40. The first-order valence-corrected chi connectivity index (χ1v) is 10.6. The van der Waals surface area contributed by atoms with Gasteiger partial charge in [-0.2, -0.15) is 0 Å². The van der Waals surface area contributed by atoms with Crippen LogP contribution in [0.25, 0.3) is 11.1 Å². The fourth-order valence-electron chi connectivity index (χ4n) is 4.14. The van der Waals surface area contributed by atoms with E-state index in [9.17, 15) is 4.79 Å². The van der Waals surface area contributed by atoms with Gasteiger partial charge in [0, 0.05) is 24.7 Å². The van der Waals surface area contributed by atoms with Crippen molar-refractivity contribution in [2.24, 2.45) is 5.41 Å². The van der Waals surface area contributed by atoms with E-state index in [1.54, 1.807) is 14.2 Å². The second-order valence-corrected chi connectivity index (χ2v) is 7.76. The van der Waals surface area contributed by atoms with Crippen LogP contribution in [-0.4, -0.2) is 46.4 Å². The average Bonchev–Trinajstić information content (AvgIpc) is 3.13. The van der Waals surface area contributed by atoms with Gasteiger partial charge in [-0.3, -0.25) is 4.79 Å². The van der Waals surface area contributed by atoms with Crippen LogP contribution >= 0.6 is 0 Å². The maximum Gasteiger partial charge on any atom is 0.169 e. The first-order chi connectivity index (χ1) is 14.6. The largest absolute Gasteiger partial charge is 0.493 e. The van der Waals surface area contributed by atoms with Crippen molar-refractivity contribution in [2.45, 2.75) is 33.6 Å². The lowest BCUT2D eigenvalue weighted by Crippen LogP contribution is -2.50. The summed E-state index contributed by atoms with van der Waals surface area (Å²) in [6.07, 6.45) is 1.33. The lowest BCUT2D eigenvalue weighted by molar-refractivity contribution is -0.159. The summed E-state index contributed by atoms with van der Waals surface area (Å²) < 4.78 is 22.9. The van der Waals surface area contributed by atoms with Crippen molar-refractivity contribution >= 4 is 5.78 Å². The number of carbonyl (C=O) groups excluding carboxylic acids is 1. The van der Waals surface area contributed by atoms with E-state index in [1.165, 1.54) is 0 Å². The number of hydrogen-bond acceptors (Lipinski definition) is 5. The summed E-state index contributed by atoms with van der Waals surface area (Å²) in [5, 5.41) is 0. The fraction of sp³-hybridized carbons (Fsp3) is 0.480. The van der Waals surface area contributed by atoms with Gasteiger partial charge < -0.3 is 18.9 Å². The van der Waals surface area contributed by atoms with Crippen LogP contribution in [0.4, 0.5) is 0 Å². The molecule has 0 N–H and O–H groups in total. The van der Waals surface area contributed by atoms with Crippen LogP contribution in [0.15, 0.2) is 30.3 Å². The van der Waals surface area contributed by atoms with E-state index >= 15 is 0 Å². The molecule has 4 rings (SSSR count). The molecule has 0 bridgehead atoms. The van der Waals surface area contributed by atoms with Crippen molar-refractivity contribution in [1.82, 2.24) is 0 Å². The number of benzene rings is 2. The van der Waals surface area contributed by atoms with E-state index in [2.05, 4.69) is 12.1 Å². The van der Waals surface area contributed by atoms with Crippen molar-refractivity contribution in [2.75, 3.05) is 40.6 Å². The molecule has 1 heterocycles. The van der Waals surface area contributed by atoms with Crippen LogP contribution < -0.4 is 9.47 Å². The van der Waals surface area contributed by atoms with Gasteiger partial charge in [0.1, 0.15) is 6.61 Å². The number of aryl methyl sites for hydroxylation is 1. The third-order valence-corrected chi connectivity index (χ3v) is 5.67. The predicted octanol–water partition coefficient (Wildman–Crippen LogP) is 4.87. The molecule has 0 radical (unpaired) electrons. The molecule has 5 heteroatoms. The van der Waals surface area contributed by atoms with Crippen LogP contribution in [0.1, 0.15) is 41.8 Å². The molecule has 162 valence electrons. The van der Waals surface area contributed by atoms with E-state index < -0.39 is 0 Å². The lowest BCUT2D eigenvalue weighted by atomic mass is 9.88. The minimum Gasteiger partial charge on any atom is -0.493 e. The van der Waals surface area contributed by atoms with Crippen LogP contribution in [0, 0.1) is 12.3 Å². The molecule has 0 saturated carbocycles. The number of fused-ring (bicyclic) bond motifs is 1. The molecule has 5 nitrogen and oxygen atoms in total. The van der Waals surface area contributed by atoms with Crippen molar-refractivity contribution < 1.29 is 23.7 Å². The van der Waals surface area contributed by atoms with Gasteiger partial charge in [-0.15, -0.1) is 0 Å². The zero-order chi connectivity index (χ0) is 21.7. The Morgan fingerprint density at radius 2 is 1.67 bits per heavy atom. The summed E-state index contributed by atoms with van der Waals surface area (Å²) >= 11 is 0. The van der Waals surface area contributed by atoms with Gasteiger partial charge in [-0.25, -0.2) is 0 Å². The molecule has 0 amide bonds. The Morgan fingerprint density at radius 3 is 2.30 bits per heavy atom. The van der Waals surface area contributed by atoms with Crippen molar-refractivity contribution in [1.29, 1.82) is 0 Å². The van der Waals surface area contributed by atoms with Gasteiger partial charge in [0.25, 0.3) is 0 Å². The third kappa shape index (κ3) is 4.09. The zero-order valence-corrected chi connectivity index (χ0v) is 18.7. The minimum absolute atomic E-state index is 0.130. The number of Topliss-reactive ketones (excluding diaryl/α,β-unsaturated/α-hetero) is 1. The Bertz CT molecular complexity index is 899. The summed E-state index contributed by atoms with van der Waals surface area (Å²) in [6, 6.07) is 10.0. The number of methoxy groups -OCH3 is 2. The van der Waals surface area contributed by atoms with Gasteiger partial charge in [0.15, 0.2) is 17.3 Å². The number of ketones is 1. The Balaban J connectivity index is 0.00000124. The van der Waals surface area contributed by atoms with Crippen LogP contribution in [0.2, 0.25) is 0 Å². The Morgan fingerprint density at radius 1 is 0.933 bits per heavy atom. The lowest BCUT2D eigenvalue weighted by Gasteiger charge is -2.40. The van der Waals surface area contributed by atoms with Gasteiger partial charge in [-0.1, -0.05) is 44.2 Å². The Hall–Kier alpha value is -2.37. The van der Waals surface area contributed by atoms with E-state index in [4.69, 9.17) is 18.9 Å². The van der Waals surface area contributed by atoms with E-state index in [1.807, 2.05) is 39.0 Å². The summed E-state index contributed by atoms with van der Waals surface area (Å²) in [5.41, 5.74) is 4.81. The second-order valence-electron chi connectivity index (χ2n) is 7.76. The second kappa shape index (κ2) is 9.63. The standard InChI is InChI=1S/C23H26O5.C2H6/c1-15-7-8-19(16-5-4-6-18-17(16)9-10-20(18)24)22(21(15)26-3)28-14-23(11-25-2)12-27-13-23;1-2/h4-8H,9-14H2,1-3H3;1-2H3. The van der Waals surface area contributed by atoms with Crippen LogP contribution in [-0.2, 0) is 15.9 Å². The molecule has 1 saturated heterocycles.